The summed E-state index contributed by atoms with van der Waals surface area (Å²) >= 11 is 1.12. The third-order valence-electron chi connectivity index (χ3n) is 6.83. The second kappa shape index (κ2) is 10.9. The van der Waals surface area contributed by atoms with Crippen LogP contribution in [-0.2, 0) is 0 Å². The number of nitrogen functional groups attached to an aromatic ring is 1. The number of ketones is 1. The van der Waals surface area contributed by atoms with E-state index in [1.165, 1.54) is 4.68 Å². The maximum absolute atomic E-state index is 14.0. The number of hydrogen-bond acceptors (Lipinski definition) is 10. The fourth-order valence-corrected chi connectivity index (χ4v) is 5.80. The van der Waals surface area contributed by atoms with Crippen LogP contribution in [0, 0.1) is 0 Å². The van der Waals surface area contributed by atoms with E-state index < -0.39 is 11.7 Å². The molecule has 210 valence electrons. The van der Waals surface area contributed by atoms with Gasteiger partial charge < -0.3 is 25.1 Å². The van der Waals surface area contributed by atoms with Crippen molar-refractivity contribution in [3.8, 4) is 51.3 Å². The second-order valence-electron chi connectivity index (χ2n) is 9.18. The van der Waals surface area contributed by atoms with Crippen LogP contribution in [0.3, 0.4) is 0 Å². The first-order chi connectivity index (χ1) is 20.4. The number of rotatable bonds is 8. The zero-order valence-corrected chi connectivity index (χ0v) is 23.6. The smallest absolute Gasteiger partial charge is 0.393 e. The molecule has 0 spiro atoms. The third-order valence-corrected chi connectivity index (χ3v) is 7.93. The number of benzene rings is 3. The van der Waals surface area contributed by atoms with E-state index in [0.29, 0.717) is 50.0 Å². The van der Waals surface area contributed by atoms with Gasteiger partial charge in [0.2, 0.25) is 11.0 Å². The summed E-state index contributed by atoms with van der Waals surface area (Å²) in [4.78, 5) is 19.6. The van der Waals surface area contributed by atoms with Gasteiger partial charge in [0, 0.05) is 38.9 Å². The lowest BCUT2D eigenvalue weighted by atomic mass is 9.98. The van der Waals surface area contributed by atoms with E-state index >= 15 is 0 Å². The number of pyridine rings is 1. The van der Waals surface area contributed by atoms with Crippen LogP contribution in [0.1, 0.15) is 15.4 Å². The van der Waals surface area contributed by atoms with Crippen LogP contribution < -0.4 is 24.6 Å². The highest BCUT2D eigenvalue weighted by Gasteiger charge is 2.37. The topological polar surface area (TPSA) is 134 Å². The molecule has 0 saturated heterocycles. The first kappa shape index (κ1) is 26.8. The van der Waals surface area contributed by atoms with Crippen molar-refractivity contribution in [2.24, 2.45) is 0 Å². The van der Waals surface area contributed by atoms with E-state index in [0.717, 1.165) is 16.9 Å². The van der Waals surface area contributed by atoms with Crippen molar-refractivity contribution in [3.63, 3.8) is 0 Å². The molecular weight excluding hydrogens is 556 g/mol. The van der Waals surface area contributed by atoms with Crippen molar-refractivity contribution in [1.29, 1.82) is 0 Å². The van der Waals surface area contributed by atoms with Crippen LogP contribution in [-0.4, -0.2) is 42.5 Å². The number of nitrogens with two attached hydrogens (primary N) is 1. The summed E-state index contributed by atoms with van der Waals surface area (Å²) in [5, 5.41) is 15.0. The van der Waals surface area contributed by atoms with Gasteiger partial charge in [0.05, 0.1) is 32.7 Å². The molecule has 0 radical (unpaired) electrons. The van der Waals surface area contributed by atoms with Crippen LogP contribution in [0.15, 0.2) is 83.4 Å². The predicted molar refractivity (Wildman–Crippen MR) is 158 cm³/mol. The molecule has 0 aliphatic rings. The van der Waals surface area contributed by atoms with E-state index in [1.54, 1.807) is 51.7 Å². The van der Waals surface area contributed by atoms with Crippen molar-refractivity contribution in [2.75, 3.05) is 27.1 Å². The maximum Gasteiger partial charge on any atom is 0.393 e. The zero-order valence-electron chi connectivity index (χ0n) is 22.8. The molecule has 0 saturated carbocycles. The second-order valence-corrected chi connectivity index (χ2v) is 10.2. The number of ether oxygens (including phenoxy) is 3. The quantitative estimate of drug-likeness (QED) is 0.178. The first-order valence-corrected chi connectivity index (χ1v) is 13.6. The van der Waals surface area contributed by atoms with Gasteiger partial charge in [0.25, 0.3) is 5.78 Å². The zero-order chi connectivity index (χ0) is 29.4. The van der Waals surface area contributed by atoms with E-state index in [-0.39, 0.29) is 16.3 Å². The molecule has 11 heteroatoms. The summed E-state index contributed by atoms with van der Waals surface area (Å²) in [6.45, 7) is 0. The van der Waals surface area contributed by atoms with Gasteiger partial charge in [-0.1, -0.05) is 30.3 Å². The van der Waals surface area contributed by atoms with Crippen molar-refractivity contribution in [3.05, 3.63) is 89.4 Å². The molecule has 3 N–H and O–H groups in total. The third kappa shape index (κ3) is 4.55. The Morgan fingerprint density at radius 3 is 2.31 bits per heavy atom. The molecule has 3 aromatic heterocycles. The summed E-state index contributed by atoms with van der Waals surface area (Å²) in [7, 11) is 4.72. The lowest BCUT2D eigenvalue weighted by molar-refractivity contribution is -0.672. The predicted octanol–water partition coefficient (Wildman–Crippen LogP) is 5.44. The van der Waals surface area contributed by atoms with Crippen LogP contribution in [0.5, 0.6) is 23.2 Å². The number of hydrogen-bond donors (Lipinski definition) is 2. The number of anilines is 1. The van der Waals surface area contributed by atoms with E-state index in [4.69, 9.17) is 29.5 Å². The molecule has 0 unspecified atom stereocenters. The lowest BCUT2D eigenvalue weighted by Gasteiger charge is -2.13. The van der Waals surface area contributed by atoms with Crippen LogP contribution in [0.2, 0.25) is 0 Å². The SMILES string of the molecule is COc1ccc(-[n+]2noc(O)c2C(=O)c2sc3nc(-c4ccccc4)cc(-c4cc(OC)ccc4OC)c3c2N)cc1. The highest BCUT2D eigenvalue weighted by molar-refractivity contribution is 7.21. The average molecular weight is 582 g/mol. The molecule has 3 aromatic carbocycles. The number of aromatic nitrogens is 3. The van der Waals surface area contributed by atoms with Gasteiger partial charge in [-0.05, 0) is 36.4 Å². The normalized spacial score (nSPS) is 11.0. The van der Waals surface area contributed by atoms with Crippen molar-refractivity contribution in [1.82, 2.24) is 10.3 Å². The van der Waals surface area contributed by atoms with E-state index in [1.807, 2.05) is 48.5 Å². The lowest BCUT2D eigenvalue weighted by Crippen LogP contribution is -2.38. The molecule has 6 aromatic rings. The number of carbonyl (C=O) groups excluding carboxylic acids is 1. The number of methoxy groups -OCH3 is 3. The molecule has 10 nitrogen and oxygen atoms in total. The fourth-order valence-electron chi connectivity index (χ4n) is 4.74. The Labute approximate surface area is 244 Å². The number of aromatic hydroxyl groups is 1. The summed E-state index contributed by atoms with van der Waals surface area (Å²) in [5.74, 6) is 0.622. The van der Waals surface area contributed by atoms with Crippen LogP contribution in [0.4, 0.5) is 5.69 Å². The van der Waals surface area contributed by atoms with Gasteiger partial charge in [0.1, 0.15) is 27.0 Å². The largest absolute Gasteiger partial charge is 0.497 e. The van der Waals surface area contributed by atoms with Crippen molar-refractivity contribution in [2.45, 2.75) is 0 Å². The Hall–Kier alpha value is -5.42. The Kier molecular flexibility index (Phi) is 6.93. The molecule has 0 atom stereocenters. The molecule has 0 bridgehead atoms. The minimum absolute atomic E-state index is 0.173. The number of thiophene rings is 1. The van der Waals surface area contributed by atoms with E-state index in [9.17, 15) is 9.90 Å². The maximum atomic E-state index is 14.0. The minimum Gasteiger partial charge on any atom is -0.497 e. The van der Waals surface area contributed by atoms with Crippen LogP contribution >= 0.6 is 11.3 Å². The molecule has 3 heterocycles. The molecule has 0 aliphatic carbocycles. The molecule has 0 fully saturated rings. The van der Waals surface area contributed by atoms with Crippen LogP contribution in [0.25, 0.3) is 38.3 Å². The van der Waals surface area contributed by atoms with Gasteiger partial charge in [0.15, 0.2) is 0 Å². The molecule has 42 heavy (non-hydrogen) atoms. The molecular formula is C31H25N4O6S+. The molecule has 0 aliphatic heterocycles. The van der Waals surface area contributed by atoms with Crippen molar-refractivity contribution < 1.29 is 33.3 Å². The Bertz CT molecular complexity index is 1930. The standard InChI is InChI=1S/C31H24N4O6S/c1-38-19-11-9-18(10-12-19)35-27(31(37)41-34-35)28(36)29-26(32)25-22(21-15-20(39-2)13-14-24(21)40-3)16-23(33-30(25)42-29)17-7-5-4-6-8-17/h4-16H,1-3H3,(H2-,32,34,36,37)/p+1. The summed E-state index contributed by atoms with van der Waals surface area (Å²) in [5.41, 5.74) is 10.2. The molecule has 6 rings (SSSR count). The minimum atomic E-state index is -0.639. The van der Waals surface area contributed by atoms with Gasteiger partial charge in [-0.15, -0.1) is 11.3 Å². The average Bonchev–Trinajstić information content (AvgIpc) is 3.59. The fraction of sp³-hybridized carbons (Fsp3) is 0.0968. The summed E-state index contributed by atoms with van der Waals surface area (Å²) < 4.78 is 22.7. The Balaban J connectivity index is 1.58. The Morgan fingerprint density at radius 1 is 0.905 bits per heavy atom. The van der Waals surface area contributed by atoms with Gasteiger partial charge >= 0.3 is 11.6 Å². The van der Waals surface area contributed by atoms with Gasteiger partial charge in [-0.25, -0.2) is 4.98 Å². The van der Waals surface area contributed by atoms with Gasteiger partial charge in [-0.3, -0.25) is 9.32 Å². The number of fused-ring (bicyclic) bond motifs is 1. The van der Waals surface area contributed by atoms with Gasteiger partial charge in [-0.2, -0.15) is 0 Å². The van der Waals surface area contributed by atoms with Crippen molar-refractivity contribution >= 4 is 33.0 Å². The Morgan fingerprint density at radius 2 is 1.62 bits per heavy atom. The summed E-state index contributed by atoms with van der Waals surface area (Å²) in [6, 6.07) is 23.9. The highest BCUT2D eigenvalue weighted by atomic mass is 32.1. The summed E-state index contributed by atoms with van der Waals surface area (Å²) in [6.07, 6.45) is 0. The first-order valence-electron chi connectivity index (χ1n) is 12.7. The monoisotopic (exact) mass is 581 g/mol. The molecule has 0 amide bonds. The highest BCUT2D eigenvalue weighted by Crippen LogP contribution is 2.45. The van der Waals surface area contributed by atoms with E-state index in [2.05, 4.69) is 5.27 Å². The number of nitrogens with zero attached hydrogens (tertiary/aromatic N) is 3. The number of carbonyl (C=O) groups is 1.